The van der Waals surface area contributed by atoms with E-state index >= 15 is 0 Å². The number of carbonyl (C=O) groups excluding carboxylic acids is 2. The summed E-state index contributed by atoms with van der Waals surface area (Å²) in [5.74, 6) is -1.35. The van der Waals surface area contributed by atoms with Crippen molar-refractivity contribution in [3.05, 3.63) is 53.6 Å². The first-order valence-electron chi connectivity index (χ1n) is 11.4. The van der Waals surface area contributed by atoms with Crippen LogP contribution >= 0.6 is 0 Å². The van der Waals surface area contributed by atoms with E-state index < -0.39 is 24.5 Å². The van der Waals surface area contributed by atoms with Crippen molar-refractivity contribution in [1.29, 1.82) is 0 Å². The standard InChI is InChI=1S/C26H34F3N3O2/c1-17(2)15-32(16-18(3)4)24-11-8-20(22(12-13-33)26(27,28)29)14-23(24)31-25(34)30-21-9-6-19(5)7-10-21/h6-11,13-14,17-18,22H,12,15-16H2,1-5H3,(H2,30,31,34). The number of hydrogen-bond donors (Lipinski definition) is 2. The van der Waals surface area contributed by atoms with Crippen LogP contribution in [-0.4, -0.2) is 31.6 Å². The van der Waals surface area contributed by atoms with E-state index in [1.165, 1.54) is 12.1 Å². The van der Waals surface area contributed by atoms with Crippen LogP contribution in [0.15, 0.2) is 42.5 Å². The monoisotopic (exact) mass is 477 g/mol. The number of nitrogens with zero attached hydrogens (tertiary/aromatic N) is 1. The van der Waals surface area contributed by atoms with Crippen molar-refractivity contribution >= 4 is 29.4 Å². The zero-order valence-corrected chi connectivity index (χ0v) is 20.4. The number of anilines is 3. The Kier molecular flexibility index (Phi) is 9.53. The Morgan fingerprint density at radius 1 is 0.971 bits per heavy atom. The molecule has 1 unspecified atom stereocenters. The summed E-state index contributed by atoms with van der Waals surface area (Å²) < 4.78 is 40.9. The van der Waals surface area contributed by atoms with E-state index in [4.69, 9.17) is 0 Å². The predicted molar refractivity (Wildman–Crippen MR) is 132 cm³/mol. The molecule has 2 rings (SSSR count). The summed E-state index contributed by atoms with van der Waals surface area (Å²) in [6, 6.07) is 11.0. The Hall–Kier alpha value is -3.03. The van der Waals surface area contributed by atoms with Gasteiger partial charge in [-0.15, -0.1) is 0 Å². The molecule has 0 aromatic heterocycles. The summed E-state index contributed by atoms with van der Waals surface area (Å²) in [5.41, 5.74) is 2.44. The maximum atomic E-state index is 13.6. The van der Waals surface area contributed by atoms with Crippen LogP contribution in [0.25, 0.3) is 0 Å². The lowest BCUT2D eigenvalue weighted by Crippen LogP contribution is -2.33. The maximum absolute atomic E-state index is 13.6. The molecule has 2 amide bonds. The average molecular weight is 478 g/mol. The van der Waals surface area contributed by atoms with Gasteiger partial charge in [0.2, 0.25) is 0 Å². The van der Waals surface area contributed by atoms with Gasteiger partial charge in [-0.2, -0.15) is 13.2 Å². The summed E-state index contributed by atoms with van der Waals surface area (Å²) in [4.78, 5) is 25.8. The molecule has 2 N–H and O–H groups in total. The quantitative estimate of drug-likeness (QED) is 0.363. The molecule has 0 aliphatic carbocycles. The van der Waals surface area contributed by atoms with E-state index in [0.717, 1.165) is 5.56 Å². The van der Waals surface area contributed by atoms with Crippen molar-refractivity contribution in [2.45, 2.75) is 53.1 Å². The fourth-order valence-electron chi connectivity index (χ4n) is 3.78. The molecule has 0 radical (unpaired) electrons. The molecule has 2 aromatic rings. The van der Waals surface area contributed by atoms with Gasteiger partial charge in [0.15, 0.2) is 0 Å². The maximum Gasteiger partial charge on any atom is 0.396 e. The molecule has 2 aromatic carbocycles. The molecular formula is C26H34F3N3O2. The van der Waals surface area contributed by atoms with Crippen LogP contribution in [0.2, 0.25) is 0 Å². The smallest absolute Gasteiger partial charge is 0.369 e. The van der Waals surface area contributed by atoms with E-state index in [1.54, 1.807) is 18.2 Å². The Labute approximate surface area is 199 Å². The molecule has 0 saturated heterocycles. The molecule has 0 saturated carbocycles. The summed E-state index contributed by atoms with van der Waals surface area (Å²) in [5, 5.41) is 5.46. The van der Waals surface area contributed by atoms with Gasteiger partial charge in [-0.3, -0.25) is 0 Å². The first-order valence-corrected chi connectivity index (χ1v) is 11.4. The number of benzene rings is 2. The number of aryl methyl sites for hydroxylation is 1. The minimum atomic E-state index is -4.58. The molecule has 5 nitrogen and oxygen atoms in total. The van der Waals surface area contributed by atoms with Gasteiger partial charge in [-0.25, -0.2) is 4.79 Å². The third-order valence-corrected chi connectivity index (χ3v) is 5.22. The summed E-state index contributed by atoms with van der Waals surface area (Å²) in [7, 11) is 0. The first-order chi connectivity index (χ1) is 15.9. The Bertz CT molecular complexity index is 947. The zero-order chi connectivity index (χ0) is 25.5. The zero-order valence-electron chi connectivity index (χ0n) is 20.4. The highest BCUT2D eigenvalue weighted by molar-refractivity contribution is 6.02. The lowest BCUT2D eigenvalue weighted by atomic mass is 9.94. The van der Waals surface area contributed by atoms with Crippen LogP contribution in [-0.2, 0) is 4.79 Å². The lowest BCUT2D eigenvalue weighted by molar-refractivity contribution is -0.153. The van der Waals surface area contributed by atoms with Crippen LogP contribution < -0.4 is 15.5 Å². The normalized spacial score (nSPS) is 12.5. The van der Waals surface area contributed by atoms with Crippen molar-refractivity contribution < 1.29 is 22.8 Å². The van der Waals surface area contributed by atoms with Crippen LogP contribution in [0, 0.1) is 18.8 Å². The molecular weight excluding hydrogens is 443 g/mol. The SMILES string of the molecule is Cc1ccc(NC(=O)Nc2cc(C(CC=O)C(F)(F)F)ccc2N(CC(C)C)CC(C)C)cc1. The van der Waals surface area contributed by atoms with Gasteiger partial charge in [-0.1, -0.05) is 51.5 Å². The van der Waals surface area contributed by atoms with Gasteiger partial charge in [0.1, 0.15) is 6.29 Å². The van der Waals surface area contributed by atoms with Gasteiger partial charge >= 0.3 is 12.2 Å². The molecule has 186 valence electrons. The minimum Gasteiger partial charge on any atom is -0.369 e. The van der Waals surface area contributed by atoms with Gasteiger partial charge in [0.05, 0.1) is 17.3 Å². The number of alkyl halides is 3. The van der Waals surface area contributed by atoms with Crippen molar-refractivity contribution in [3.63, 3.8) is 0 Å². The molecule has 0 aliphatic heterocycles. The van der Waals surface area contributed by atoms with Crippen LogP contribution in [0.4, 0.5) is 35.0 Å². The number of amides is 2. The van der Waals surface area contributed by atoms with E-state index in [0.29, 0.717) is 36.3 Å². The highest BCUT2D eigenvalue weighted by atomic mass is 19.4. The minimum absolute atomic E-state index is 0.0666. The Morgan fingerprint density at radius 2 is 1.56 bits per heavy atom. The predicted octanol–water partition coefficient (Wildman–Crippen LogP) is 6.99. The Morgan fingerprint density at radius 3 is 2.06 bits per heavy atom. The third kappa shape index (κ3) is 8.08. The molecule has 0 heterocycles. The summed E-state index contributed by atoms with van der Waals surface area (Å²) >= 11 is 0. The van der Waals surface area contributed by atoms with Crippen LogP contribution in [0.3, 0.4) is 0 Å². The molecule has 0 bridgehead atoms. The first kappa shape index (κ1) is 27.2. The highest BCUT2D eigenvalue weighted by Crippen LogP contribution is 2.40. The summed E-state index contributed by atoms with van der Waals surface area (Å²) in [6.45, 7) is 11.5. The number of halogens is 3. The molecule has 0 fully saturated rings. The summed E-state index contributed by atoms with van der Waals surface area (Å²) in [6.07, 6.45) is -4.99. The van der Waals surface area contributed by atoms with Gasteiger partial charge in [0, 0.05) is 25.2 Å². The topological polar surface area (TPSA) is 61.4 Å². The fraction of sp³-hybridized carbons (Fsp3) is 0.462. The van der Waals surface area contributed by atoms with E-state index in [1.807, 2.05) is 19.1 Å². The molecule has 0 spiro atoms. The lowest BCUT2D eigenvalue weighted by Gasteiger charge is -2.31. The van der Waals surface area contributed by atoms with Crippen molar-refractivity contribution in [3.8, 4) is 0 Å². The van der Waals surface area contributed by atoms with Crippen molar-refractivity contribution in [2.75, 3.05) is 28.6 Å². The number of urea groups is 1. The van der Waals surface area contributed by atoms with Crippen molar-refractivity contribution in [1.82, 2.24) is 0 Å². The van der Waals surface area contributed by atoms with Crippen LogP contribution in [0.5, 0.6) is 0 Å². The van der Waals surface area contributed by atoms with Crippen molar-refractivity contribution in [2.24, 2.45) is 11.8 Å². The largest absolute Gasteiger partial charge is 0.396 e. The number of aldehydes is 1. The van der Waals surface area contributed by atoms with E-state index in [9.17, 15) is 22.8 Å². The van der Waals surface area contributed by atoms with Crippen LogP contribution in [0.1, 0.15) is 51.2 Å². The number of carbonyl (C=O) groups is 2. The second kappa shape index (κ2) is 11.9. The molecule has 8 heteroatoms. The molecule has 34 heavy (non-hydrogen) atoms. The van der Waals surface area contributed by atoms with Gasteiger partial charge in [0.25, 0.3) is 0 Å². The Balaban J connectivity index is 2.47. The second-order valence-corrected chi connectivity index (χ2v) is 9.41. The third-order valence-electron chi connectivity index (χ3n) is 5.22. The molecule has 1 atom stereocenters. The highest BCUT2D eigenvalue weighted by Gasteiger charge is 2.40. The fourth-order valence-corrected chi connectivity index (χ4v) is 3.78. The van der Waals surface area contributed by atoms with Gasteiger partial charge < -0.3 is 20.3 Å². The number of nitrogens with one attached hydrogen (secondary N) is 2. The average Bonchev–Trinajstić information content (AvgIpc) is 2.71. The van der Waals surface area contributed by atoms with E-state index in [-0.39, 0.29) is 17.5 Å². The number of hydrogen-bond acceptors (Lipinski definition) is 3. The molecule has 0 aliphatic rings. The van der Waals surface area contributed by atoms with E-state index in [2.05, 4.69) is 43.2 Å². The van der Waals surface area contributed by atoms with Gasteiger partial charge in [-0.05, 0) is 48.6 Å². The number of rotatable bonds is 10. The second-order valence-electron chi connectivity index (χ2n) is 9.41.